The molecule has 0 saturated carbocycles. The van der Waals surface area contributed by atoms with Gasteiger partial charge in [-0.3, -0.25) is 0 Å². The van der Waals surface area contributed by atoms with Gasteiger partial charge in [0, 0.05) is 0 Å². The molecule has 0 aliphatic rings. The molecule has 0 aliphatic heterocycles. The first-order valence-electron chi connectivity index (χ1n) is 2.41. The Morgan fingerprint density at radius 3 is 2.20 bits per heavy atom. The summed E-state index contributed by atoms with van der Waals surface area (Å²) in [5.41, 5.74) is 4.77. The molecule has 3 N–H and O–H groups in total. The van der Waals surface area contributed by atoms with Crippen LogP contribution in [0.3, 0.4) is 0 Å². The van der Waals surface area contributed by atoms with E-state index in [-0.39, 0.29) is 6.54 Å². The van der Waals surface area contributed by atoms with Crippen LogP contribution < -0.4 is 5.73 Å². The lowest BCUT2D eigenvalue weighted by Crippen LogP contribution is -2.20. The monoisotopic (exact) mass is 149 g/mol. The summed E-state index contributed by atoms with van der Waals surface area (Å²) in [6.45, 7) is -1.21. The molecule has 0 amide bonds. The highest BCUT2D eigenvalue weighted by molar-refractivity contribution is 5.74. The highest BCUT2D eigenvalue weighted by atomic mass is 17.2. The minimum atomic E-state index is -1.04. The van der Waals surface area contributed by atoms with Crippen molar-refractivity contribution in [3.05, 3.63) is 0 Å². The van der Waals surface area contributed by atoms with Crippen molar-refractivity contribution in [2.45, 2.75) is 0 Å². The van der Waals surface area contributed by atoms with Gasteiger partial charge in [-0.1, -0.05) is 0 Å². The molecule has 0 atom stereocenters. The summed E-state index contributed by atoms with van der Waals surface area (Å²) in [7, 11) is 0. The van der Waals surface area contributed by atoms with Gasteiger partial charge in [0.05, 0.1) is 6.54 Å². The van der Waals surface area contributed by atoms with Crippen molar-refractivity contribution in [2.24, 2.45) is 5.73 Å². The van der Waals surface area contributed by atoms with E-state index in [4.69, 9.17) is 10.8 Å². The second kappa shape index (κ2) is 4.71. The molecule has 6 heteroatoms. The molecule has 0 spiro atoms. The fourth-order valence-electron chi connectivity index (χ4n) is 0.153. The Hall–Kier alpha value is -1.14. The number of carbonyl (C=O) groups is 2. The summed E-state index contributed by atoms with van der Waals surface area (Å²) in [5.74, 6) is -1.91. The van der Waals surface area contributed by atoms with Gasteiger partial charge in [0.1, 0.15) is 6.61 Å². The van der Waals surface area contributed by atoms with Crippen LogP contribution in [0.1, 0.15) is 0 Å². The second-order valence-corrected chi connectivity index (χ2v) is 1.27. The molecule has 0 radical (unpaired) electrons. The Kier molecular flexibility index (Phi) is 4.17. The van der Waals surface area contributed by atoms with Gasteiger partial charge in [0.2, 0.25) is 0 Å². The van der Waals surface area contributed by atoms with E-state index in [1.807, 2.05) is 0 Å². The highest BCUT2D eigenvalue weighted by Gasteiger charge is 2.04. The van der Waals surface area contributed by atoms with E-state index in [1.165, 1.54) is 0 Å². The number of nitrogens with two attached hydrogens (primary N) is 1. The predicted molar refractivity (Wildman–Crippen MR) is 28.3 cm³/mol. The maximum absolute atomic E-state index is 10.1. The van der Waals surface area contributed by atoms with Gasteiger partial charge in [0.25, 0.3) is 0 Å². The summed E-state index contributed by atoms with van der Waals surface area (Å²) in [5, 5.41) is 8.02. The van der Waals surface area contributed by atoms with Gasteiger partial charge < -0.3 is 10.8 Å². The van der Waals surface area contributed by atoms with Crippen LogP contribution in [0.25, 0.3) is 0 Å². The van der Waals surface area contributed by atoms with Crippen LogP contribution >= 0.6 is 0 Å². The SMILES string of the molecule is NCC(=O)OOC(=O)CO. The van der Waals surface area contributed by atoms with Crippen LogP contribution in [-0.4, -0.2) is 30.2 Å². The maximum atomic E-state index is 10.1. The lowest BCUT2D eigenvalue weighted by molar-refractivity contribution is -0.259. The van der Waals surface area contributed by atoms with E-state index in [2.05, 4.69) is 9.78 Å². The van der Waals surface area contributed by atoms with E-state index in [9.17, 15) is 9.59 Å². The third kappa shape index (κ3) is 3.81. The van der Waals surface area contributed by atoms with Crippen molar-refractivity contribution in [3.63, 3.8) is 0 Å². The van der Waals surface area contributed by atoms with E-state index < -0.39 is 18.5 Å². The number of hydrogen-bond acceptors (Lipinski definition) is 6. The Morgan fingerprint density at radius 2 is 1.80 bits per heavy atom. The first kappa shape index (κ1) is 8.86. The zero-order chi connectivity index (χ0) is 7.98. The smallest absolute Gasteiger partial charge is 0.380 e. The van der Waals surface area contributed by atoms with Gasteiger partial charge in [0.15, 0.2) is 0 Å². The lowest BCUT2D eigenvalue weighted by Gasteiger charge is -1.97. The van der Waals surface area contributed by atoms with Gasteiger partial charge in [-0.05, 0) is 0 Å². The summed E-state index contributed by atoms with van der Waals surface area (Å²) in [4.78, 5) is 27.7. The number of hydrogen-bond donors (Lipinski definition) is 2. The number of carbonyl (C=O) groups excluding carboxylic acids is 2. The summed E-state index contributed by atoms with van der Waals surface area (Å²) in [6.07, 6.45) is 0. The summed E-state index contributed by atoms with van der Waals surface area (Å²) in [6, 6.07) is 0. The van der Waals surface area contributed by atoms with Crippen molar-refractivity contribution in [2.75, 3.05) is 13.2 Å². The average Bonchev–Trinajstić information content (AvgIpc) is 1.99. The van der Waals surface area contributed by atoms with Crippen molar-refractivity contribution in [3.8, 4) is 0 Å². The quantitative estimate of drug-likeness (QED) is 0.346. The Morgan fingerprint density at radius 1 is 1.30 bits per heavy atom. The number of aliphatic hydroxyl groups is 1. The van der Waals surface area contributed by atoms with Crippen LogP contribution in [0.2, 0.25) is 0 Å². The predicted octanol–water partition coefficient (Wildman–Crippen LogP) is -2.06. The molecule has 10 heavy (non-hydrogen) atoms. The minimum Gasteiger partial charge on any atom is -0.384 e. The topological polar surface area (TPSA) is 98.9 Å². The van der Waals surface area contributed by atoms with E-state index in [0.717, 1.165) is 0 Å². The molecule has 0 aromatic carbocycles. The van der Waals surface area contributed by atoms with Gasteiger partial charge in [-0.15, -0.1) is 0 Å². The molecular formula is C4H7NO5. The molecule has 0 aliphatic carbocycles. The third-order valence-electron chi connectivity index (χ3n) is 0.523. The Labute approximate surface area is 56.4 Å². The maximum Gasteiger partial charge on any atom is 0.380 e. The molecule has 0 fully saturated rings. The first-order valence-corrected chi connectivity index (χ1v) is 2.41. The third-order valence-corrected chi connectivity index (χ3v) is 0.523. The average molecular weight is 149 g/mol. The molecule has 0 aromatic heterocycles. The first-order chi connectivity index (χ1) is 4.70. The highest BCUT2D eigenvalue weighted by Crippen LogP contribution is 1.79. The molecule has 58 valence electrons. The van der Waals surface area contributed by atoms with Crippen molar-refractivity contribution in [1.82, 2.24) is 0 Å². The van der Waals surface area contributed by atoms with Crippen LogP contribution in [0.4, 0.5) is 0 Å². The van der Waals surface area contributed by atoms with Gasteiger partial charge in [-0.2, -0.15) is 0 Å². The van der Waals surface area contributed by atoms with E-state index >= 15 is 0 Å². The van der Waals surface area contributed by atoms with Crippen LogP contribution in [0.5, 0.6) is 0 Å². The van der Waals surface area contributed by atoms with E-state index in [1.54, 1.807) is 0 Å². The number of aliphatic hydroxyl groups excluding tert-OH is 1. The normalized spacial score (nSPS) is 8.60. The molecular weight excluding hydrogens is 142 g/mol. The second-order valence-electron chi connectivity index (χ2n) is 1.27. The van der Waals surface area contributed by atoms with Crippen LogP contribution in [0.15, 0.2) is 0 Å². The zero-order valence-corrected chi connectivity index (χ0v) is 5.07. The minimum absolute atomic E-state index is 0.376. The molecule has 0 aromatic rings. The largest absolute Gasteiger partial charge is 0.384 e. The van der Waals surface area contributed by atoms with E-state index in [0.29, 0.717) is 0 Å². The number of rotatable bonds is 2. The standard InChI is InChI=1S/C4H7NO5/c5-1-3(7)9-10-4(8)2-6/h6H,1-2,5H2. The molecule has 0 rings (SSSR count). The van der Waals surface area contributed by atoms with Crippen molar-refractivity contribution >= 4 is 11.9 Å². The fourth-order valence-corrected chi connectivity index (χ4v) is 0.153. The zero-order valence-electron chi connectivity index (χ0n) is 5.07. The van der Waals surface area contributed by atoms with Crippen LogP contribution in [-0.2, 0) is 19.4 Å². The Bertz CT molecular complexity index is 118. The fraction of sp³-hybridized carbons (Fsp3) is 0.500. The van der Waals surface area contributed by atoms with Gasteiger partial charge >= 0.3 is 11.9 Å². The summed E-state index contributed by atoms with van der Waals surface area (Å²) < 4.78 is 0. The van der Waals surface area contributed by atoms with Crippen molar-refractivity contribution < 1.29 is 24.5 Å². The van der Waals surface area contributed by atoms with Gasteiger partial charge in [-0.25, -0.2) is 19.4 Å². The lowest BCUT2D eigenvalue weighted by atomic mass is 10.7. The van der Waals surface area contributed by atoms with Crippen LogP contribution in [0, 0.1) is 0 Å². The summed E-state index contributed by atoms with van der Waals surface area (Å²) >= 11 is 0. The molecule has 0 unspecified atom stereocenters. The Balaban J connectivity index is 3.35. The molecule has 0 saturated heterocycles. The molecule has 0 heterocycles. The molecule has 6 nitrogen and oxygen atoms in total. The van der Waals surface area contributed by atoms with Crippen molar-refractivity contribution in [1.29, 1.82) is 0 Å². The molecule has 0 bridgehead atoms.